The zero-order valence-electron chi connectivity index (χ0n) is 10.8. The Balaban J connectivity index is 2.76. The molecule has 5 heteroatoms. The second-order valence-corrected chi connectivity index (χ2v) is 4.74. The van der Waals surface area contributed by atoms with Gasteiger partial charge in [0.2, 0.25) is 0 Å². The van der Waals surface area contributed by atoms with E-state index in [1.807, 2.05) is 6.92 Å². The van der Waals surface area contributed by atoms with Crippen LogP contribution in [0, 0.1) is 23.0 Å². The third-order valence-electron chi connectivity index (χ3n) is 2.74. The van der Waals surface area contributed by atoms with Crippen LogP contribution in [-0.4, -0.2) is 17.3 Å². The molecular weight excluding hydrogens is 250 g/mol. The highest BCUT2D eigenvalue weighted by atomic mass is 32.1. The Morgan fingerprint density at radius 3 is 2.78 bits per heavy atom. The molecule has 0 N–H and O–H groups in total. The van der Waals surface area contributed by atoms with Crippen molar-refractivity contribution >= 4 is 18.3 Å². The van der Waals surface area contributed by atoms with Gasteiger partial charge in [-0.2, -0.15) is 12.6 Å². The first kappa shape index (κ1) is 14.8. The van der Waals surface area contributed by atoms with E-state index in [1.54, 1.807) is 12.1 Å². The van der Waals surface area contributed by atoms with Gasteiger partial charge in [0.05, 0.1) is 11.5 Å². The number of benzene rings is 1. The number of nitro groups is 1. The van der Waals surface area contributed by atoms with Gasteiger partial charge in [0.15, 0.2) is 5.75 Å². The van der Waals surface area contributed by atoms with E-state index in [0.717, 1.165) is 24.2 Å². The molecule has 100 valence electrons. The maximum absolute atomic E-state index is 10.9. The fourth-order valence-electron chi connectivity index (χ4n) is 1.73. The molecule has 0 aliphatic heterocycles. The van der Waals surface area contributed by atoms with Crippen LogP contribution in [0.1, 0.15) is 25.3 Å². The largest absolute Gasteiger partial charge is 0.486 e. The molecule has 0 fully saturated rings. The van der Waals surface area contributed by atoms with Crippen LogP contribution in [0.4, 0.5) is 5.69 Å². The van der Waals surface area contributed by atoms with E-state index in [0.29, 0.717) is 18.3 Å². The molecule has 18 heavy (non-hydrogen) atoms. The van der Waals surface area contributed by atoms with E-state index < -0.39 is 4.92 Å². The van der Waals surface area contributed by atoms with Crippen LogP contribution in [0.3, 0.4) is 0 Å². The summed E-state index contributed by atoms with van der Waals surface area (Å²) >= 11 is 4.27. The number of nitro benzene ring substituents is 1. The molecule has 0 aliphatic carbocycles. The van der Waals surface area contributed by atoms with Gasteiger partial charge >= 0.3 is 5.69 Å². The van der Waals surface area contributed by atoms with Gasteiger partial charge in [-0.1, -0.05) is 19.4 Å². The number of rotatable bonds is 7. The van der Waals surface area contributed by atoms with Crippen molar-refractivity contribution in [3.8, 4) is 5.75 Å². The molecule has 0 amide bonds. The van der Waals surface area contributed by atoms with Crippen molar-refractivity contribution in [3.63, 3.8) is 0 Å². The Morgan fingerprint density at radius 2 is 2.22 bits per heavy atom. The maximum atomic E-state index is 10.9. The second kappa shape index (κ2) is 7.26. The first-order valence-corrected chi connectivity index (χ1v) is 6.70. The minimum absolute atomic E-state index is 0.0232. The molecule has 0 aromatic heterocycles. The Kier molecular flexibility index (Phi) is 5.98. The highest BCUT2D eigenvalue weighted by Crippen LogP contribution is 2.28. The summed E-state index contributed by atoms with van der Waals surface area (Å²) in [6, 6.07) is 4.91. The van der Waals surface area contributed by atoms with Crippen LogP contribution in [0.2, 0.25) is 0 Å². The topological polar surface area (TPSA) is 52.4 Å². The zero-order chi connectivity index (χ0) is 13.5. The van der Waals surface area contributed by atoms with E-state index in [9.17, 15) is 10.1 Å². The lowest BCUT2D eigenvalue weighted by Gasteiger charge is -2.14. The molecule has 0 saturated heterocycles. The predicted octanol–water partition coefficient (Wildman–Crippen LogP) is 3.63. The van der Waals surface area contributed by atoms with Gasteiger partial charge in [0.25, 0.3) is 0 Å². The number of aryl methyl sites for hydroxylation is 1. The summed E-state index contributed by atoms with van der Waals surface area (Å²) < 4.78 is 5.59. The van der Waals surface area contributed by atoms with Crippen LogP contribution in [0.5, 0.6) is 5.75 Å². The highest BCUT2D eigenvalue weighted by molar-refractivity contribution is 7.80. The fourth-order valence-corrected chi connectivity index (χ4v) is 2.02. The zero-order valence-corrected chi connectivity index (χ0v) is 11.7. The molecule has 0 spiro atoms. The molecule has 1 unspecified atom stereocenters. The van der Waals surface area contributed by atoms with Gasteiger partial charge in [-0.05, 0) is 30.7 Å². The van der Waals surface area contributed by atoms with E-state index in [4.69, 9.17) is 4.74 Å². The van der Waals surface area contributed by atoms with Crippen molar-refractivity contribution in [2.75, 3.05) is 12.4 Å². The Morgan fingerprint density at radius 1 is 1.50 bits per heavy atom. The second-order valence-electron chi connectivity index (χ2n) is 4.38. The van der Waals surface area contributed by atoms with Crippen molar-refractivity contribution < 1.29 is 9.66 Å². The minimum atomic E-state index is -0.412. The van der Waals surface area contributed by atoms with Gasteiger partial charge in [0.1, 0.15) is 0 Å². The number of nitrogens with zero attached hydrogens (tertiary/aromatic N) is 1. The molecule has 1 rings (SSSR count). The summed E-state index contributed by atoms with van der Waals surface area (Å²) in [5.41, 5.74) is 0.975. The van der Waals surface area contributed by atoms with Crippen LogP contribution in [0.25, 0.3) is 0 Å². The normalized spacial score (nSPS) is 12.2. The van der Waals surface area contributed by atoms with Crippen LogP contribution >= 0.6 is 12.6 Å². The molecule has 0 heterocycles. The van der Waals surface area contributed by atoms with E-state index in [2.05, 4.69) is 19.6 Å². The summed E-state index contributed by atoms with van der Waals surface area (Å²) in [6.07, 6.45) is 2.08. The summed E-state index contributed by atoms with van der Waals surface area (Å²) in [7, 11) is 0. The maximum Gasteiger partial charge on any atom is 0.310 e. The Bertz CT molecular complexity index is 409. The molecule has 1 aromatic carbocycles. The van der Waals surface area contributed by atoms with Gasteiger partial charge in [-0.3, -0.25) is 10.1 Å². The standard InChI is InChI=1S/C13H19NO3S/c1-3-4-11(9-18)8-17-13-7-10(2)5-6-12(13)14(15)16/h5-7,11,18H,3-4,8-9H2,1-2H3. The van der Waals surface area contributed by atoms with Crippen LogP contribution in [0.15, 0.2) is 18.2 Å². The quantitative estimate of drug-likeness (QED) is 0.467. The third kappa shape index (κ3) is 4.22. The highest BCUT2D eigenvalue weighted by Gasteiger charge is 2.16. The monoisotopic (exact) mass is 269 g/mol. The van der Waals surface area contributed by atoms with Crippen LogP contribution < -0.4 is 4.74 Å². The average molecular weight is 269 g/mol. The van der Waals surface area contributed by atoms with Gasteiger partial charge in [-0.25, -0.2) is 0 Å². The Hall–Kier alpha value is -1.23. The lowest BCUT2D eigenvalue weighted by molar-refractivity contribution is -0.385. The van der Waals surface area contributed by atoms with Crippen molar-refractivity contribution in [1.29, 1.82) is 0 Å². The summed E-state index contributed by atoms with van der Waals surface area (Å²) in [4.78, 5) is 10.5. The van der Waals surface area contributed by atoms with Gasteiger partial charge in [0, 0.05) is 12.0 Å². The van der Waals surface area contributed by atoms with E-state index in [1.165, 1.54) is 6.07 Å². The van der Waals surface area contributed by atoms with Gasteiger partial charge < -0.3 is 4.74 Å². The number of ether oxygens (including phenoxy) is 1. The third-order valence-corrected chi connectivity index (χ3v) is 3.26. The average Bonchev–Trinajstić information content (AvgIpc) is 2.34. The van der Waals surface area contributed by atoms with Crippen LogP contribution in [-0.2, 0) is 0 Å². The summed E-state index contributed by atoms with van der Waals surface area (Å²) in [5.74, 6) is 1.41. The van der Waals surface area contributed by atoms with E-state index in [-0.39, 0.29) is 5.69 Å². The van der Waals surface area contributed by atoms with E-state index >= 15 is 0 Å². The lowest BCUT2D eigenvalue weighted by atomic mass is 10.1. The molecule has 1 atom stereocenters. The first-order chi connectivity index (χ1) is 8.58. The number of hydrogen-bond donors (Lipinski definition) is 1. The molecule has 1 aromatic rings. The smallest absolute Gasteiger partial charge is 0.310 e. The predicted molar refractivity (Wildman–Crippen MR) is 75.6 cm³/mol. The van der Waals surface area contributed by atoms with Crippen molar-refractivity contribution in [2.24, 2.45) is 5.92 Å². The summed E-state index contributed by atoms with van der Waals surface area (Å²) in [6.45, 7) is 4.46. The number of thiol groups is 1. The summed E-state index contributed by atoms with van der Waals surface area (Å²) in [5, 5.41) is 10.9. The first-order valence-electron chi connectivity index (χ1n) is 6.07. The lowest BCUT2D eigenvalue weighted by Crippen LogP contribution is -2.14. The molecule has 0 bridgehead atoms. The minimum Gasteiger partial charge on any atom is -0.486 e. The molecule has 0 aliphatic rings. The van der Waals surface area contributed by atoms with Crippen molar-refractivity contribution in [1.82, 2.24) is 0 Å². The SMILES string of the molecule is CCCC(CS)COc1cc(C)ccc1[N+](=O)[O-]. The van der Waals surface area contributed by atoms with Crippen molar-refractivity contribution in [3.05, 3.63) is 33.9 Å². The van der Waals surface area contributed by atoms with Crippen molar-refractivity contribution in [2.45, 2.75) is 26.7 Å². The Labute approximate surface area is 113 Å². The molecule has 0 saturated carbocycles. The molecular formula is C13H19NO3S. The fraction of sp³-hybridized carbons (Fsp3) is 0.538. The number of hydrogen-bond acceptors (Lipinski definition) is 4. The molecule has 4 nitrogen and oxygen atoms in total. The molecule has 0 radical (unpaired) electrons. The van der Waals surface area contributed by atoms with Gasteiger partial charge in [-0.15, -0.1) is 0 Å².